The van der Waals surface area contributed by atoms with E-state index in [1.165, 1.54) is 22.7 Å². The van der Waals surface area contributed by atoms with Crippen LogP contribution in [0.1, 0.15) is 5.69 Å². The highest BCUT2D eigenvalue weighted by atomic mass is 16.6. The van der Waals surface area contributed by atoms with E-state index in [9.17, 15) is 14.9 Å². The molecule has 16 heavy (non-hydrogen) atoms. The van der Waals surface area contributed by atoms with Gasteiger partial charge in [0.25, 0.3) is 0 Å². The van der Waals surface area contributed by atoms with Gasteiger partial charge in [-0.25, -0.2) is 4.98 Å². The van der Waals surface area contributed by atoms with Gasteiger partial charge in [0, 0.05) is 18.5 Å². The largest absolute Gasteiger partial charge is 0.481 e. The first-order chi connectivity index (χ1) is 7.58. The highest BCUT2D eigenvalue weighted by molar-refractivity contribution is 5.70. The van der Waals surface area contributed by atoms with Crippen molar-refractivity contribution in [2.24, 2.45) is 0 Å². The van der Waals surface area contributed by atoms with Crippen LogP contribution >= 0.6 is 0 Å². The molecule has 0 unspecified atom stereocenters. The molecule has 0 atom stereocenters. The van der Waals surface area contributed by atoms with Gasteiger partial charge in [-0.2, -0.15) is 0 Å². The fraction of sp³-hybridized carbons (Fsp3) is 0.111. The van der Waals surface area contributed by atoms with Gasteiger partial charge in [-0.05, 0) is 6.07 Å². The second kappa shape index (κ2) is 3.61. The molecule has 82 valence electrons. The first-order valence-corrected chi connectivity index (χ1v) is 4.40. The van der Waals surface area contributed by atoms with Crippen molar-refractivity contribution in [1.29, 1.82) is 0 Å². The molecule has 2 rings (SSSR count). The van der Waals surface area contributed by atoms with E-state index in [1.54, 1.807) is 6.20 Å². The molecule has 0 aliphatic carbocycles. The third kappa shape index (κ3) is 1.70. The maximum Gasteiger partial charge on any atom is 0.312 e. The Balaban J connectivity index is 2.56. The monoisotopic (exact) mass is 221 g/mol. The Labute approximate surface area is 89.1 Å². The zero-order valence-corrected chi connectivity index (χ0v) is 8.03. The molecular weight excluding hydrogens is 214 g/mol. The van der Waals surface area contributed by atoms with E-state index in [-0.39, 0.29) is 17.8 Å². The summed E-state index contributed by atoms with van der Waals surface area (Å²) in [4.78, 5) is 24.5. The SMILES string of the molecule is O=C(O)Cc1cn2cccc([N+](=O)[O-])c2n1. The van der Waals surface area contributed by atoms with Gasteiger partial charge in [-0.3, -0.25) is 14.9 Å². The summed E-state index contributed by atoms with van der Waals surface area (Å²) in [6.07, 6.45) is 2.80. The highest BCUT2D eigenvalue weighted by Crippen LogP contribution is 2.18. The fourth-order valence-electron chi connectivity index (χ4n) is 1.43. The van der Waals surface area contributed by atoms with Gasteiger partial charge in [0.2, 0.25) is 5.65 Å². The topological polar surface area (TPSA) is 97.7 Å². The lowest BCUT2D eigenvalue weighted by Gasteiger charge is -1.92. The minimum Gasteiger partial charge on any atom is -0.481 e. The van der Waals surface area contributed by atoms with Crippen LogP contribution in [0.4, 0.5) is 5.69 Å². The number of pyridine rings is 1. The highest BCUT2D eigenvalue weighted by Gasteiger charge is 2.15. The van der Waals surface area contributed by atoms with Crippen molar-refractivity contribution in [2.75, 3.05) is 0 Å². The zero-order chi connectivity index (χ0) is 11.7. The van der Waals surface area contributed by atoms with Crippen molar-refractivity contribution in [3.8, 4) is 0 Å². The Morgan fingerprint density at radius 3 is 3.00 bits per heavy atom. The van der Waals surface area contributed by atoms with E-state index < -0.39 is 10.9 Å². The Hall–Kier alpha value is -2.44. The van der Waals surface area contributed by atoms with Crippen molar-refractivity contribution in [3.63, 3.8) is 0 Å². The van der Waals surface area contributed by atoms with Gasteiger partial charge >= 0.3 is 11.7 Å². The predicted octanol–water partition coefficient (Wildman–Crippen LogP) is 0.870. The Morgan fingerprint density at radius 1 is 1.62 bits per heavy atom. The molecule has 2 aromatic heterocycles. The number of hydrogen-bond acceptors (Lipinski definition) is 4. The van der Waals surface area contributed by atoms with Gasteiger partial charge in [-0.1, -0.05) is 0 Å². The fourth-order valence-corrected chi connectivity index (χ4v) is 1.43. The maximum atomic E-state index is 10.7. The molecule has 2 aromatic rings. The molecule has 0 saturated carbocycles. The number of fused-ring (bicyclic) bond motifs is 1. The molecule has 0 bridgehead atoms. The van der Waals surface area contributed by atoms with Crippen LogP contribution in [0.5, 0.6) is 0 Å². The van der Waals surface area contributed by atoms with E-state index >= 15 is 0 Å². The predicted molar refractivity (Wildman–Crippen MR) is 53.2 cm³/mol. The van der Waals surface area contributed by atoms with Crippen LogP contribution in [0.25, 0.3) is 5.65 Å². The molecule has 0 saturated heterocycles. The van der Waals surface area contributed by atoms with Crippen LogP contribution in [0.15, 0.2) is 24.5 Å². The van der Waals surface area contributed by atoms with Crippen LogP contribution in [-0.2, 0) is 11.2 Å². The van der Waals surface area contributed by atoms with Gasteiger partial charge < -0.3 is 9.51 Å². The van der Waals surface area contributed by atoms with Gasteiger partial charge in [0.1, 0.15) is 0 Å². The third-order valence-corrected chi connectivity index (χ3v) is 2.04. The number of aliphatic carboxylic acids is 1. The molecule has 0 radical (unpaired) electrons. The zero-order valence-electron chi connectivity index (χ0n) is 8.03. The summed E-state index contributed by atoms with van der Waals surface area (Å²) in [5, 5.41) is 19.3. The first-order valence-electron chi connectivity index (χ1n) is 4.40. The van der Waals surface area contributed by atoms with E-state index in [0.29, 0.717) is 5.69 Å². The number of nitrogens with zero attached hydrogens (tertiary/aromatic N) is 3. The number of carboxylic acid groups (broad SMARTS) is 1. The summed E-state index contributed by atoms with van der Waals surface area (Å²) < 4.78 is 1.44. The Kier molecular flexibility index (Phi) is 2.28. The van der Waals surface area contributed by atoms with Gasteiger partial charge in [0.15, 0.2) is 0 Å². The van der Waals surface area contributed by atoms with E-state index in [4.69, 9.17) is 5.11 Å². The quantitative estimate of drug-likeness (QED) is 0.612. The number of carboxylic acids is 1. The van der Waals surface area contributed by atoms with Crippen molar-refractivity contribution in [2.45, 2.75) is 6.42 Å². The smallest absolute Gasteiger partial charge is 0.312 e. The van der Waals surface area contributed by atoms with Crippen LogP contribution < -0.4 is 0 Å². The van der Waals surface area contributed by atoms with Gasteiger partial charge in [-0.15, -0.1) is 0 Å². The molecule has 7 heteroatoms. The molecular formula is C9H7N3O4. The number of rotatable bonds is 3. The van der Waals surface area contributed by atoms with Gasteiger partial charge in [0.05, 0.1) is 17.0 Å². The number of nitro groups is 1. The van der Waals surface area contributed by atoms with Crippen LogP contribution in [0.2, 0.25) is 0 Å². The van der Waals surface area contributed by atoms with Crippen molar-refractivity contribution in [1.82, 2.24) is 9.38 Å². The molecule has 0 aliphatic rings. The average molecular weight is 221 g/mol. The lowest BCUT2D eigenvalue weighted by molar-refractivity contribution is -0.383. The van der Waals surface area contributed by atoms with Crippen molar-refractivity contribution >= 4 is 17.3 Å². The van der Waals surface area contributed by atoms with Crippen molar-refractivity contribution in [3.05, 3.63) is 40.3 Å². The minimum absolute atomic E-state index is 0.140. The summed E-state index contributed by atoms with van der Waals surface area (Å²) in [5.74, 6) is -1.02. The number of aromatic nitrogens is 2. The second-order valence-electron chi connectivity index (χ2n) is 3.18. The molecule has 0 aliphatic heterocycles. The molecule has 1 N–H and O–H groups in total. The number of imidazole rings is 1. The lowest BCUT2D eigenvalue weighted by Crippen LogP contribution is -1.99. The molecule has 0 aromatic carbocycles. The molecule has 7 nitrogen and oxygen atoms in total. The second-order valence-corrected chi connectivity index (χ2v) is 3.18. The summed E-state index contributed by atoms with van der Waals surface area (Å²) >= 11 is 0. The molecule has 0 spiro atoms. The molecule has 0 amide bonds. The first kappa shape index (κ1) is 10.1. The van der Waals surface area contributed by atoms with Crippen molar-refractivity contribution < 1.29 is 14.8 Å². The Morgan fingerprint density at radius 2 is 2.38 bits per heavy atom. The standard InChI is InChI=1S/C9H7N3O4/c13-8(14)4-6-5-11-3-1-2-7(12(15)16)9(11)10-6/h1-3,5H,4H2,(H,13,14). The molecule has 0 fully saturated rings. The van der Waals surface area contributed by atoms with Crippen LogP contribution in [0, 0.1) is 10.1 Å². The molecule has 2 heterocycles. The normalized spacial score (nSPS) is 10.5. The summed E-state index contributed by atoms with van der Waals surface area (Å²) in [5.41, 5.74) is 0.310. The lowest BCUT2D eigenvalue weighted by atomic mass is 10.3. The van der Waals surface area contributed by atoms with Crippen LogP contribution in [0.3, 0.4) is 0 Å². The summed E-state index contributed by atoms with van der Waals surface area (Å²) in [7, 11) is 0. The summed E-state index contributed by atoms with van der Waals surface area (Å²) in [6, 6.07) is 2.84. The van der Waals surface area contributed by atoms with Crippen LogP contribution in [-0.4, -0.2) is 25.4 Å². The minimum atomic E-state index is -1.02. The van der Waals surface area contributed by atoms with E-state index in [1.807, 2.05) is 0 Å². The summed E-state index contributed by atoms with van der Waals surface area (Å²) in [6.45, 7) is 0. The van der Waals surface area contributed by atoms with E-state index in [2.05, 4.69) is 4.98 Å². The number of carbonyl (C=O) groups is 1. The Bertz CT molecular complexity index is 575. The maximum absolute atomic E-state index is 10.7. The number of hydrogen-bond donors (Lipinski definition) is 1. The van der Waals surface area contributed by atoms with E-state index in [0.717, 1.165) is 0 Å². The average Bonchev–Trinajstić information content (AvgIpc) is 2.57. The third-order valence-electron chi connectivity index (χ3n) is 2.04.